The minimum Gasteiger partial charge on any atom is -0.457 e. The van der Waals surface area contributed by atoms with Gasteiger partial charge in [0.05, 0.1) is 11.9 Å². The van der Waals surface area contributed by atoms with Crippen LogP contribution in [0.25, 0.3) is 10.2 Å². The highest BCUT2D eigenvalue weighted by atomic mass is 32.1. The second-order valence-electron chi connectivity index (χ2n) is 7.03. The fourth-order valence-electron chi connectivity index (χ4n) is 3.08. The van der Waals surface area contributed by atoms with Gasteiger partial charge in [-0.05, 0) is 32.6 Å². The maximum Gasteiger partial charge on any atom is 0.348 e. The van der Waals surface area contributed by atoms with E-state index >= 15 is 0 Å². The first-order valence-electron chi connectivity index (χ1n) is 8.91. The van der Waals surface area contributed by atoms with Crippen LogP contribution < -0.4 is 11.2 Å². The van der Waals surface area contributed by atoms with Gasteiger partial charge in [-0.1, -0.05) is 30.3 Å². The van der Waals surface area contributed by atoms with Crippen LogP contribution in [0.15, 0.2) is 46.0 Å². The molecule has 1 atom stereocenters. The molecular weight excluding hydrogens is 378 g/mol. The van der Waals surface area contributed by atoms with E-state index in [1.54, 1.807) is 7.05 Å². The van der Waals surface area contributed by atoms with Gasteiger partial charge in [-0.15, -0.1) is 11.3 Å². The van der Waals surface area contributed by atoms with Crippen LogP contribution in [-0.4, -0.2) is 46.7 Å². The molecule has 0 bridgehead atoms. The van der Waals surface area contributed by atoms with Crippen molar-refractivity contribution in [1.29, 1.82) is 0 Å². The van der Waals surface area contributed by atoms with Crippen molar-refractivity contribution in [3.05, 3.63) is 67.7 Å². The Labute approximate surface area is 166 Å². The van der Waals surface area contributed by atoms with Crippen molar-refractivity contribution in [2.75, 3.05) is 20.6 Å². The number of nitrogens with zero attached hydrogens (tertiary/aromatic N) is 3. The molecule has 0 amide bonds. The van der Waals surface area contributed by atoms with E-state index in [-0.39, 0.29) is 12.6 Å². The van der Waals surface area contributed by atoms with Crippen LogP contribution >= 0.6 is 11.3 Å². The van der Waals surface area contributed by atoms with Crippen molar-refractivity contribution in [1.82, 2.24) is 14.0 Å². The van der Waals surface area contributed by atoms with Crippen LogP contribution in [0.4, 0.5) is 0 Å². The zero-order valence-electron chi connectivity index (χ0n) is 16.3. The lowest BCUT2D eigenvalue weighted by atomic mass is 10.2. The molecule has 0 spiro atoms. The lowest BCUT2D eigenvalue weighted by Crippen LogP contribution is -2.38. The number of aryl methyl sites for hydroxylation is 1. The lowest BCUT2D eigenvalue weighted by molar-refractivity contribution is 0.0295. The Kier molecular flexibility index (Phi) is 5.81. The minimum atomic E-state index is -0.489. The van der Waals surface area contributed by atoms with Crippen LogP contribution in [0, 0.1) is 0 Å². The van der Waals surface area contributed by atoms with Gasteiger partial charge < -0.3 is 9.64 Å². The highest BCUT2D eigenvalue weighted by molar-refractivity contribution is 7.20. The Hall–Kier alpha value is -2.71. The van der Waals surface area contributed by atoms with Gasteiger partial charge in [0.1, 0.15) is 15.8 Å². The van der Waals surface area contributed by atoms with E-state index in [4.69, 9.17) is 4.74 Å². The molecule has 0 fully saturated rings. The van der Waals surface area contributed by atoms with E-state index in [9.17, 15) is 14.4 Å². The lowest BCUT2D eigenvalue weighted by Gasteiger charge is -2.16. The Morgan fingerprint density at radius 1 is 1.21 bits per heavy atom. The molecular formula is C20H23N3O4S. The smallest absolute Gasteiger partial charge is 0.348 e. The third-order valence-electron chi connectivity index (χ3n) is 4.33. The Bertz CT molecular complexity index is 1110. The number of likely N-dealkylation sites (N-methyl/N-ethyl adjacent to an activating group) is 1. The molecule has 8 heteroatoms. The summed E-state index contributed by atoms with van der Waals surface area (Å²) in [7, 11) is 5.40. The third-order valence-corrected chi connectivity index (χ3v) is 5.52. The van der Waals surface area contributed by atoms with Crippen molar-refractivity contribution in [2.45, 2.75) is 19.6 Å². The Morgan fingerprint density at radius 3 is 2.54 bits per heavy atom. The molecule has 0 saturated heterocycles. The van der Waals surface area contributed by atoms with Crippen LogP contribution in [-0.2, 0) is 18.3 Å². The molecule has 3 rings (SSSR count). The van der Waals surface area contributed by atoms with Crippen molar-refractivity contribution in [2.24, 2.45) is 7.05 Å². The maximum absolute atomic E-state index is 12.9. The van der Waals surface area contributed by atoms with Gasteiger partial charge in [-0.2, -0.15) is 0 Å². The zero-order valence-corrected chi connectivity index (χ0v) is 17.2. The van der Waals surface area contributed by atoms with Gasteiger partial charge in [-0.3, -0.25) is 13.9 Å². The number of benzene rings is 1. The van der Waals surface area contributed by atoms with Crippen LogP contribution in [0.5, 0.6) is 0 Å². The number of esters is 1. The van der Waals surface area contributed by atoms with Crippen molar-refractivity contribution >= 4 is 27.5 Å². The molecule has 0 aliphatic rings. The van der Waals surface area contributed by atoms with E-state index in [0.717, 1.165) is 16.9 Å². The van der Waals surface area contributed by atoms with Crippen molar-refractivity contribution in [3.63, 3.8) is 0 Å². The van der Waals surface area contributed by atoms with E-state index in [0.29, 0.717) is 21.6 Å². The summed E-state index contributed by atoms with van der Waals surface area (Å²) in [6, 6.07) is 10.8. The molecule has 0 saturated carbocycles. The number of aromatic nitrogens is 2. The van der Waals surface area contributed by atoms with E-state index in [1.165, 1.54) is 15.2 Å². The van der Waals surface area contributed by atoms with Crippen LogP contribution in [0.2, 0.25) is 0 Å². The van der Waals surface area contributed by atoms with Gasteiger partial charge >= 0.3 is 11.7 Å². The summed E-state index contributed by atoms with van der Waals surface area (Å²) in [6.07, 6.45) is -0.286. The van der Waals surface area contributed by atoms with E-state index < -0.39 is 17.2 Å². The molecule has 1 aromatic carbocycles. The number of fused-ring (bicyclic) bond motifs is 1. The highest BCUT2D eigenvalue weighted by Gasteiger charge is 2.20. The number of rotatable bonds is 6. The summed E-state index contributed by atoms with van der Waals surface area (Å²) >= 11 is 1.10. The first-order chi connectivity index (χ1) is 13.3. The molecule has 2 heterocycles. The normalized spacial score (nSPS) is 12.5. The first kappa shape index (κ1) is 20.0. The molecule has 2 aromatic heterocycles. The monoisotopic (exact) mass is 401 g/mol. The molecule has 0 radical (unpaired) electrons. The fraction of sp³-hybridized carbons (Fsp3) is 0.350. The van der Waals surface area contributed by atoms with Crippen LogP contribution in [0.1, 0.15) is 22.2 Å². The number of hydrogen-bond donors (Lipinski definition) is 0. The summed E-state index contributed by atoms with van der Waals surface area (Å²) in [5.74, 6) is -0.489. The number of carbonyl (C=O) groups is 1. The Morgan fingerprint density at radius 2 is 1.89 bits per heavy atom. The molecule has 148 valence electrons. The largest absolute Gasteiger partial charge is 0.457 e. The summed E-state index contributed by atoms with van der Waals surface area (Å²) in [5.41, 5.74) is 0.0381. The quantitative estimate of drug-likeness (QED) is 0.590. The van der Waals surface area contributed by atoms with Gasteiger partial charge in [0, 0.05) is 13.6 Å². The number of hydrogen-bond acceptors (Lipinski definition) is 6. The standard InChI is InChI=1S/C20H23N3O4S/c1-13(11-21(2)3)27-19(25)16-10-15-17(24)23(12-14-8-6-5-7-9-14)20(26)22(4)18(15)28-16/h5-10,13H,11-12H2,1-4H3. The highest BCUT2D eigenvalue weighted by Crippen LogP contribution is 2.23. The Balaban J connectivity index is 1.99. The SMILES string of the molecule is CC(CN(C)C)OC(=O)c1cc2c(=O)n(Cc3ccccc3)c(=O)n(C)c2s1. The van der Waals surface area contributed by atoms with Crippen LogP contribution in [0.3, 0.4) is 0 Å². The molecule has 28 heavy (non-hydrogen) atoms. The molecule has 1 unspecified atom stereocenters. The molecule has 0 N–H and O–H groups in total. The second-order valence-corrected chi connectivity index (χ2v) is 8.06. The van der Waals surface area contributed by atoms with Gasteiger partial charge in [0.25, 0.3) is 5.56 Å². The summed E-state index contributed by atoms with van der Waals surface area (Å²) in [5, 5.41) is 0.343. The number of carbonyl (C=O) groups excluding carboxylic acids is 1. The summed E-state index contributed by atoms with van der Waals surface area (Å²) < 4.78 is 8.04. The third kappa shape index (κ3) is 4.07. The van der Waals surface area contributed by atoms with E-state index in [1.807, 2.05) is 56.3 Å². The summed E-state index contributed by atoms with van der Waals surface area (Å²) in [4.78, 5) is 40.8. The second kappa shape index (κ2) is 8.12. The van der Waals surface area contributed by atoms with Gasteiger partial charge in [0.15, 0.2) is 0 Å². The average molecular weight is 401 g/mol. The zero-order chi connectivity index (χ0) is 20.4. The number of thiophene rings is 1. The predicted molar refractivity (Wildman–Crippen MR) is 110 cm³/mol. The minimum absolute atomic E-state index is 0.178. The van der Waals surface area contributed by atoms with Gasteiger partial charge in [-0.25, -0.2) is 9.59 Å². The summed E-state index contributed by atoms with van der Waals surface area (Å²) in [6.45, 7) is 2.59. The molecule has 3 aromatic rings. The number of ether oxygens (including phenoxy) is 1. The molecule has 0 aliphatic heterocycles. The average Bonchev–Trinajstić information content (AvgIpc) is 3.09. The first-order valence-corrected chi connectivity index (χ1v) is 9.72. The fourth-order valence-corrected chi connectivity index (χ4v) is 4.07. The predicted octanol–water partition coefficient (Wildman–Crippen LogP) is 1.92. The van der Waals surface area contributed by atoms with E-state index in [2.05, 4.69) is 0 Å². The van der Waals surface area contributed by atoms with Crippen molar-refractivity contribution < 1.29 is 9.53 Å². The molecule has 0 aliphatic carbocycles. The maximum atomic E-state index is 12.9. The van der Waals surface area contributed by atoms with Gasteiger partial charge in [0.2, 0.25) is 0 Å². The topological polar surface area (TPSA) is 73.5 Å². The van der Waals surface area contributed by atoms with Crippen molar-refractivity contribution in [3.8, 4) is 0 Å². The molecule has 7 nitrogen and oxygen atoms in total.